The third-order valence-corrected chi connectivity index (χ3v) is 5.67. The quantitative estimate of drug-likeness (QED) is 0.560. The van der Waals surface area contributed by atoms with Crippen LogP contribution in [0.2, 0.25) is 0 Å². The monoisotopic (exact) mass is 437 g/mol. The molecule has 1 aliphatic carbocycles. The summed E-state index contributed by atoms with van der Waals surface area (Å²) in [6, 6.07) is 18.8. The van der Waals surface area contributed by atoms with Gasteiger partial charge < -0.3 is 15.2 Å². The molecule has 1 atom stereocenters. The zero-order chi connectivity index (χ0) is 22.7. The first-order valence-corrected chi connectivity index (χ1v) is 10.2. The van der Waals surface area contributed by atoms with Gasteiger partial charge in [-0.15, -0.1) is 0 Å². The third kappa shape index (κ3) is 4.46. The molecule has 0 bridgehead atoms. The summed E-state index contributed by atoms with van der Waals surface area (Å²) in [5.41, 5.74) is 4.40. The van der Waals surface area contributed by atoms with Crippen LogP contribution in [0.1, 0.15) is 22.6 Å². The lowest BCUT2D eigenvalue weighted by atomic mass is 9.98. The zero-order valence-corrected chi connectivity index (χ0v) is 17.1. The first-order valence-electron chi connectivity index (χ1n) is 10.2. The molecule has 0 heterocycles. The van der Waals surface area contributed by atoms with Gasteiger partial charge in [0, 0.05) is 18.5 Å². The number of nitrogens with one attached hydrogen (secondary N) is 1. The maximum atomic E-state index is 13.9. The summed E-state index contributed by atoms with van der Waals surface area (Å²) in [7, 11) is 0. The van der Waals surface area contributed by atoms with Crippen molar-refractivity contribution < 1.29 is 28.2 Å². The van der Waals surface area contributed by atoms with E-state index in [0.29, 0.717) is 6.07 Å². The van der Waals surface area contributed by atoms with Gasteiger partial charge in [0.15, 0.2) is 0 Å². The maximum absolute atomic E-state index is 13.9. The Labute approximate surface area is 183 Å². The van der Waals surface area contributed by atoms with Crippen molar-refractivity contribution in [3.05, 3.63) is 95.1 Å². The normalized spacial score (nSPS) is 13.2. The highest BCUT2D eigenvalue weighted by molar-refractivity contribution is 5.79. The number of carbonyl (C=O) groups excluding carboxylic acids is 1. The second kappa shape index (κ2) is 9.18. The van der Waals surface area contributed by atoms with Gasteiger partial charge in [0.25, 0.3) is 0 Å². The van der Waals surface area contributed by atoms with Crippen molar-refractivity contribution in [3.8, 4) is 11.1 Å². The number of benzene rings is 3. The minimum atomic E-state index is -1.20. The van der Waals surface area contributed by atoms with E-state index in [-0.39, 0.29) is 31.1 Å². The summed E-state index contributed by atoms with van der Waals surface area (Å²) in [6.45, 7) is -0.146. The molecule has 0 saturated heterocycles. The van der Waals surface area contributed by atoms with E-state index in [0.717, 1.165) is 28.3 Å². The van der Waals surface area contributed by atoms with Crippen LogP contribution in [-0.2, 0) is 16.0 Å². The highest BCUT2D eigenvalue weighted by Gasteiger charge is 2.29. The van der Waals surface area contributed by atoms with E-state index < -0.39 is 29.6 Å². The number of rotatable bonds is 7. The number of hydrogen-bond donors (Lipinski definition) is 2. The molecule has 0 unspecified atom stereocenters. The smallest absolute Gasteiger partial charge is 0.407 e. The number of carboxylic acids is 1. The van der Waals surface area contributed by atoms with Crippen molar-refractivity contribution in [1.29, 1.82) is 0 Å². The summed E-state index contributed by atoms with van der Waals surface area (Å²) in [6.07, 6.45) is -0.942. The number of hydrogen-bond acceptors (Lipinski definition) is 3. The average molecular weight is 437 g/mol. The number of carbonyl (C=O) groups is 2. The van der Waals surface area contributed by atoms with Crippen LogP contribution in [0.15, 0.2) is 66.7 Å². The second-order valence-electron chi connectivity index (χ2n) is 7.68. The Morgan fingerprint density at radius 3 is 2.19 bits per heavy atom. The Morgan fingerprint density at radius 2 is 1.59 bits per heavy atom. The minimum absolute atomic E-state index is 0.0631. The maximum Gasteiger partial charge on any atom is 0.407 e. The molecule has 1 aliphatic rings. The van der Waals surface area contributed by atoms with Crippen LogP contribution in [0, 0.1) is 17.6 Å². The number of aliphatic carboxylic acids is 1. The molecule has 4 rings (SSSR count). The molecule has 0 aromatic heterocycles. The minimum Gasteiger partial charge on any atom is -0.481 e. The number of carboxylic acid groups (broad SMARTS) is 1. The van der Waals surface area contributed by atoms with E-state index in [2.05, 4.69) is 5.32 Å². The molecule has 0 aliphatic heterocycles. The van der Waals surface area contributed by atoms with Crippen LogP contribution < -0.4 is 5.32 Å². The summed E-state index contributed by atoms with van der Waals surface area (Å²) < 4.78 is 32.3. The van der Waals surface area contributed by atoms with E-state index in [4.69, 9.17) is 4.74 Å². The first kappa shape index (κ1) is 21.5. The lowest BCUT2D eigenvalue weighted by molar-refractivity contribution is -0.141. The first-order chi connectivity index (χ1) is 15.4. The topological polar surface area (TPSA) is 75.6 Å². The van der Waals surface area contributed by atoms with Crippen molar-refractivity contribution in [3.63, 3.8) is 0 Å². The van der Waals surface area contributed by atoms with E-state index in [1.165, 1.54) is 6.07 Å². The van der Waals surface area contributed by atoms with E-state index in [9.17, 15) is 23.5 Å². The van der Waals surface area contributed by atoms with Gasteiger partial charge in [0.1, 0.15) is 18.2 Å². The van der Waals surface area contributed by atoms with Crippen molar-refractivity contribution in [2.75, 3.05) is 13.2 Å². The third-order valence-electron chi connectivity index (χ3n) is 5.67. The van der Waals surface area contributed by atoms with Gasteiger partial charge in [0.2, 0.25) is 0 Å². The molecule has 2 N–H and O–H groups in total. The van der Waals surface area contributed by atoms with E-state index >= 15 is 0 Å². The van der Waals surface area contributed by atoms with Crippen molar-refractivity contribution in [1.82, 2.24) is 5.32 Å². The summed E-state index contributed by atoms with van der Waals surface area (Å²) >= 11 is 0. The Kier molecular flexibility index (Phi) is 6.16. The van der Waals surface area contributed by atoms with Gasteiger partial charge in [-0.1, -0.05) is 54.6 Å². The Balaban J connectivity index is 1.37. The van der Waals surface area contributed by atoms with Gasteiger partial charge in [-0.2, -0.15) is 0 Å². The van der Waals surface area contributed by atoms with Crippen LogP contribution in [0.4, 0.5) is 13.6 Å². The van der Waals surface area contributed by atoms with E-state index in [1.807, 2.05) is 48.5 Å². The predicted molar refractivity (Wildman–Crippen MR) is 114 cm³/mol. The molecule has 1 amide bonds. The number of alkyl carbamates (subject to hydrolysis) is 1. The summed E-state index contributed by atoms with van der Waals surface area (Å²) in [5, 5.41) is 11.9. The molecule has 3 aromatic rings. The van der Waals surface area contributed by atoms with Crippen LogP contribution in [0.25, 0.3) is 11.1 Å². The molecule has 3 aromatic carbocycles. The molecule has 164 valence electrons. The molecule has 7 heteroatoms. The molecule has 0 fully saturated rings. The molecular formula is C25H21F2NO4. The van der Waals surface area contributed by atoms with Crippen molar-refractivity contribution >= 4 is 12.1 Å². The summed E-state index contributed by atoms with van der Waals surface area (Å²) in [4.78, 5) is 23.8. The van der Waals surface area contributed by atoms with Crippen molar-refractivity contribution in [2.24, 2.45) is 5.92 Å². The number of amides is 1. The zero-order valence-electron chi connectivity index (χ0n) is 17.1. The lowest BCUT2D eigenvalue weighted by Gasteiger charge is -2.16. The largest absolute Gasteiger partial charge is 0.481 e. The molecule has 0 radical (unpaired) electrons. The second-order valence-corrected chi connectivity index (χ2v) is 7.68. The fraction of sp³-hybridized carbons (Fsp3) is 0.200. The fourth-order valence-electron chi connectivity index (χ4n) is 4.06. The van der Waals surface area contributed by atoms with E-state index in [1.54, 1.807) is 0 Å². The van der Waals surface area contributed by atoms with Crippen LogP contribution in [0.3, 0.4) is 0 Å². The highest BCUT2D eigenvalue weighted by Crippen LogP contribution is 2.44. The predicted octanol–water partition coefficient (Wildman–Crippen LogP) is 4.75. The Morgan fingerprint density at radius 1 is 0.969 bits per heavy atom. The van der Waals surface area contributed by atoms with Crippen LogP contribution in [-0.4, -0.2) is 30.3 Å². The molecule has 0 saturated carbocycles. The van der Waals surface area contributed by atoms with Crippen LogP contribution >= 0.6 is 0 Å². The number of fused-ring (bicyclic) bond motifs is 3. The Hall–Kier alpha value is -3.74. The number of halogens is 2. The lowest BCUT2D eigenvalue weighted by Crippen LogP contribution is -2.35. The molecule has 0 spiro atoms. The average Bonchev–Trinajstić information content (AvgIpc) is 3.10. The molecule has 5 nitrogen and oxygen atoms in total. The van der Waals surface area contributed by atoms with Gasteiger partial charge in [-0.3, -0.25) is 4.79 Å². The molecule has 32 heavy (non-hydrogen) atoms. The van der Waals surface area contributed by atoms with Gasteiger partial charge in [-0.05, 0) is 40.3 Å². The van der Waals surface area contributed by atoms with Gasteiger partial charge >= 0.3 is 12.1 Å². The summed E-state index contributed by atoms with van der Waals surface area (Å²) in [5.74, 6) is -3.97. The standard InChI is InChI=1S/C25H21F2NO4/c26-17-10-9-15(23(27)12-17)11-16(24(29)30)13-28-25(31)32-14-22-20-7-3-1-5-18(20)19-6-2-4-8-21(19)22/h1-10,12,16,22H,11,13-14H2,(H,28,31)(H,29,30)/t16-/m1/s1. The Bertz CT molecular complexity index is 1120. The molecular weight excluding hydrogens is 416 g/mol. The van der Waals surface area contributed by atoms with Crippen molar-refractivity contribution in [2.45, 2.75) is 12.3 Å². The highest BCUT2D eigenvalue weighted by atomic mass is 19.1. The van der Waals surface area contributed by atoms with Crippen LogP contribution in [0.5, 0.6) is 0 Å². The number of ether oxygens (including phenoxy) is 1. The SMILES string of the molecule is O=C(NC[C@@H](Cc1ccc(F)cc1F)C(=O)O)OCC1c2ccccc2-c2ccccc21. The van der Waals surface area contributed by atoms with Gasteiger partial charge in [-0.25, -0.2) is 13.6 Å². The van der Waals surface area contributed by atoms with Gasteiger partial charge in [0.05, 0.1) is 5.92 Å². The fourth-order valence-corrected chi connectivity index (χ4v) is 4.06.